The number of likely N-dealkylation sites (tertiary alicyclic amines) is 1. The van der Waals surface area contributed by atoms with Crippen molar-refractivity contribution < 1.29 is 5.11 Å². The fraction of sp³-hybridized carbons (Fsp3) is 1.00. The molecule has 0 radical (unpaired) electrons. The van der Waals surface area contributed by atoms with Crippen LogP contribution in [0.3, 0.4) is 0 Å². The highest BCUT2D eigenvalue weighted by Gasteiger charge is 2.43. The van der Waals surface area contributed by atoms with Crippen LogP contribution in [0.1, 0.15) is 38.5 Å². The summed E-state index contributed by atoms with van der Waals surface area (Å²) in [5, 5.41) is 13.0. The van der Waals surface area contributed by atoms with Crippen molar-refractivity contribution in [3.8, 4) is 0 Å². The van der Waals surface area contributed by atoms with Crippen LogP contribution in [-0.2, 0) is 0 Å². The van der Waals surface area contributed by atoms with Gasteiger partial charge in [0.25, 0.3) is 0 Å². The number of aliphatic hydroxyl groups excluding tert-OH is 1. The predicted octanol–water partition coefficient (Wildman–Crippen LogP) is 0.975. The summed E-state index contributed by atoms with van der Waals surface area (Å²) in [4.78, 5) is 2.63. The molecule has 0 aromatic rings. The molecule has 0 unspecified atom stereocenters. The molecule has 1 aliphatic heterocycles. The average Bonchev–Trinajstić information content (AvgIpc) is 3.18. The minimum Gasteiger partial charge on any atom is -0.394 e. The van der Waals surface area contributed by atoms with Gasteiger partial charge in [-0.25, -0.2) is 0 Å². The van der Waals surface area contributed by atoms with E-state index in [9.17, 15) is 5.11 Å². The van der Waals surface area contributed by atoms with Crippen molar-refractivity contribution in [1.82, 2.24) is 10.2 Å². The summed E-state index contributed by atoms with van der Waals surface area (Å²) in [7, 11) is 0. The molecule has 2 N–H and O–H groups in total. The third kappa shape index (κ3) is 2.58. The smallest absolute Gasteiger partial charge is 0.0613 e. The Morgan fingerprint density at radius 2 is 1.81 bits per heavy atom. The van der Waals surface area contributed by atoms with Crippen LogP contribution in [0.15, 0.2) is 0 Å². The predicted molar refractivity (Wildman–Crippen MR) is 64.4 cm³/mol. The van der Waals surface area contributed by atoms with E-state index in [0.29, 0.717) is 12.6 Å². The van der Waals surface area contributed by atoms with Crippen LogP contribution in [0.5, 0.6) is 0 Å². The lowest BCUT2D eigenvalue weighted by Gasteiger charge is -2.34. The number of aliphatic hydroxyl groups is 1. The molecule has 0 aromatic heterocycles. The van der Waals surface area contributed by atoms with Gasteiger partial charge >= 0.3 is 0 Å². The molecule has 3 heteroatoms. The largest absolute Gasteiger partial charge is 0.394 e. The van der Waals surface area contributed by atoms with E-state index < -0.39 is 0 Å². The standard InChI is InChI=1S/C13H24N2O/c16-10-13(5-6-13)14-12-3-7-15(8-4-12)9-11-1-2-11/h11-12,14,16H,1-10H2. The second-order valence-electron chi connectivity index (χ2n) is 6.10. The van der Waals surface area contributed by atoms with Gasteiger partial charge in [0.1, 0.15) is 0 Å². The first-order chi connectivity index (χ1) is 7.80. The fourth-order valence-electron chi connectivity index (χ4n) is 2.86. The number of rotatable bonds is 5. The zero-order valence-electron chi connectivity index (χ0n) is 10.1. The maximum Gasteiger partial charge on any atom is 0.0613 e. The van der Waals surface area contributed by atoms with Crippen LogP contribution in [0, 0.1) is 5.92 Å². The summed E-state index contributed by atoms with van der Waals surface area (Å²) >= 11 is 0. The van der Waals surface area contributed by atoms with Crippen molar-refractivity contribution in [3.63, 3.8) is 0 Å². The van der Waals surface area contributed by atoms with Gasteiger partial charge in [-0.3, -0.25) is 0 Å². The van der Waals surface area contributed by atoms with Gasteiger partial charge in [-0.15, -0.1) is 0 Å². The third-order valence-corrected chi connectivity index (χ3v) is 4.47. The first-order valence-electron chi connectivity index (χ1n) is 6.91. The van der Waals surface area contributed by atoms with Crippen LogP contribution in [-0.4, -0.2) is 47.8 Å². The lowest BCUT2D eigenvalue weighted by molar-refractivity contribution is 0.161. The first kappa shape index (κ1) is 11.0. The van der Waals surface area contributed by atoms with Crippen LogP contribution < -0.4 is 5.32 Å². The Hall–Kier alpha value is -0.120. The second kappa shape index (κ2) is 4.28. The van der Waals surface area contributed by atoms with Gasteiger partial charge in [0.15, 0.2) is 0 Å². The lowest BCUT2D eigenvalue weighted by atomic mass is 10.0. The van der Waals surface area contributed by atoms with Crippen molar-refractivity contribution in [2.45, 2.75) is 50.1 Å². The normalized spacial score (nSPS) is 30.6. The van der Waals surface area contributed by atoms with Crippen molar-refractivity contribution in [2.75, 3.05) is 26.2 Å². The Kier molecular flexibility index (Phi) is 2.94. The van der Waals surface area contributed by atoms with Crippen molar-refractivity contribution in [2.24, 2.45) is 5.92 Å². The van der Waals surface area contributed by atoms with Gasteiger partial charge in [0.05, 0.1) is 6.61 Å². The topological polar surface area (TPSA) is 35.5 Å². The van der Waals surface area contributed by atoms with Gasteiger partial charge in [0, 0.05) is 18.1 Å². The average molecular weight is 224 g/mol. The summed E-state index contributed by atoms with van der Waals surface area (Å²) in [6.45, 7) is 4.19. The molecule has 16 heavy (non-hydrogen) atoms. The lowest BCUT2D eigenvalue weighted by Crippen LogP contribution is -2.48. The van der Waals surface area contributed by atoms with E-state index in [1.807, 2.05) is 0 Å². The summed E-state index contributed by atoms with van der Waals surface area (Å²) in [6.07, 6.45) is 7.82. The highest BCUT2D eigenvalue weighted by Crippen LogP contribution is 2.36. The molecular weight excluding hydrogens is 200 g/mol. The van der Waals surface area contributed by atoms with Gasteiger partial charge in [0.2, 0.25) is 0 Å². The Morgan fingerprint density at radius 3 is 2.31 bits per heavy atom. The van der Waals surface area contributed by atoms with Crippen molar-refractivity contribution in [3.05, 3.63) is 0 Å². The van der Waals surface area contributed by atoms with E-state index in [1.165, 1.54) is 58.2 Å². The van der Waals surface area contributed by atoms with E-state index in [2.05, 4.69) is 10.2 Å². The molecule has 2 saturated carbocycles. The van der Waals surface area contributed by atoms with E-state index in [4.69, 9.17) is 0 Å². The van der Waals surface area contributed by atoms with Crippen molar-refractivity contribution in [1.29, 1.82) is 0 Å². The molecule has 1 heterocycles. The van der Waals surface area contributed by atoms with E-state index in [-0.39, 0.29) is 5.54 Å². The van der Waals surface area contributed by atoms with Gasteiger partial charge < -0.3 is 15.3 Å². The number of nitrogens with zero attached hydrogens (tertiary/aromatic N) is 1. The van der Waals surface area contributed by atoms with E-state index in [0.717, 1.165) is 5.92 Å². The Labute approximate surface area is 98.2 Å². The van der Waals surface area contributed by atoms with Crippen LogP contribution in [0.2, 0.25) is 0 Å². The highest BCUT2D eigenvalue weighted by atomic mass is 16.3. The molecule has 92 valence electrons. The maximum atomic E-state index is 9.29. The molecule has 0 amide bonds. The quantitative estimate of drug-likeness (QED) is 0.730. The highest BCUT2D eigenvalue weighted by molar-refractivity contribution is 5.03. The molecule has 0 aromatic carbocycles. The van der Waals surface area contributed by atoms with Gasteiger partial charge in [-0.1, -0.05) is 0 Å². The molecule has 0 spiro atoms. The summed E-state index contributed by atoms with van der Waals surface area (Å²) in [5.74, 6) is 1.02. The first-order valence-corrected chi connectivity index (χ1v) is 6.91. The summed E-state index contributed by atoms with van der Waals surface area (Å²) in [5.41, 5.74) is 0.128. The molecule has 3 aliphatic rings. The molecule has 3 fully saturated rings. The minimum absolute atomic E-state index is 0.128. The molecular formula is C13H24N2O. The SMILES string of the molecule is OCC1(NC2CCN(CC3CC3)CC2)CC1. The summed E-state index contributed by atoms with van der Waals surface area (Å²) < 4.78 is 0. The van der Waals surface area contributed by atoms with E-state index >= 15 is 0 Å². The second-order valence-corrected chi connectivity index (χ2v) is 6.10. The zero-order chi connectivity index (χ0) is 11.0. The van der Waals surface area contributed by atoms with Crippen LogP contribution in [0.4, 0.5) is 0 Å². The maximum absolute atomic E-state index is 9.29. The van der Waals surface area contributed by atoms with E-state index in [1.54, 1.807) is 0 Å². The number of hydrogen-bond acceptors (Lipinski definition) is 3. The zero-order valence-corrected chi connectivity index (χ0v) is 10.1. The molecule has 0 bridgehead atoms. The number of piperidine rings is 1. The van der Waals surface area contributed by atoms with Crippen LogP contribution >= 0.6 is 0 Å². The van der Waals surface area contributed by atoms with Gasteiger partial charge in [-0.05, 0) is 57.5 Å². The molecule has 1 saturated heterocycles. The Morgan fingerprint density at radius 1 is 1.12 bits per heavy atom. The van der Waals surface area contributed by atoms with Gasteiger partial charge in [-0.2, -0.15) is 0 Å². The molecule has 0 atom stereocenters. The summed E-state index contributed by atoms with van der Waals surface area (Å²) in [6, 6.07) is 0.658. The fourth-order valence-corrected chi connectivity index (χ4v) is 2.86. The van der Waals surface area contributed by atoms with Crippen LogP contribution in [0.25, 0.3) is 0 Å². The minimum atomic E-state index is 0.128. The van der Waals surface area contributed by atoms with Crippen molar-refractivity contribution >= 4 is 0 Å². The number of hydrogen-bond donors (Lipinski definition) is 2. The molecule has 2 aliphatic carbocycles. The Balaban J connectivity index is 1.40. The molecule has 3 nitrogen and oxygen atoms in total. The number of nitrogens with one attached hydrogen (secondary N) is 1. The molecule has 3 rings (SSSR count). The Bertz CT molecular complexity index is 240. The third-order valence-electron chi connectivity index (χ3n) is 4.47. The monoisotopic (exact) mass is 224 g/mol.